The maximum atomic E-state index is 14.6. The summed E-state index contributed by atoms with van der Waals surface area (Å²) < 4.78 is 53.8. The summed E-state index contributed by atoms with van der Waals surface area (Å²) in [5, 5.41) is 21.1. The maximum absolute atomic E-state index is 14.6. The van der Waals surface area contributed by atoms with Crippen molar-refractivity contribution in [2.24, 2.45) is 13.0 Å². The van der Waals surface area contributed by atoms with Gasteiger partial charge in [-0.25, -0.2) is 4.79 Å². The summed E-state index contributed by atoms with van der Waals surface area (Å²) in [6.07, 6.45) is 3.77. The molecule has 2 atom stereocenters. The zero-order chi connectivity index (χ0) is 48.0. The van der Waals surface area contributed by atoms with E-state index in [2.05, 4.69) is 42.4 Å². The van der Waals surface area contributed by atoms with Gasteiger partial charge in [-0.3, -0.25) is 43.4 Å². The van der Waals surface area contributed by atoms with E-state index < -0.39 is 35.5 Å². The molecule has 3 fully saturated rings. The van der Waals surface area contributed by atoms with Crippen molar-refractivity contribution in [1.29, 1.82) is 0 Å². The van der Waals surface area contributed by atoms with Gasteiger partial charge in [0.25, 0.3) is 5.91 Å². The topological polar surface area (TPSA) is 166 Å². The zero-order valence-electron chi connectivity index (χ0n) is 38.5. The van der Waals surface area contributed by atoms with Crippen LogP contribution in [0.3, 0.4) is 0 Å². The quantitative estimate of drug-likeness (QED) is 0.165. The standard InChI is InChI=1S/C49H56F3N11O6/c1-56-31-53-55-45(56)44(65)34-4-2-5-37(23-34)61-30-42-40(49(50,51)52)22-33(27-63(42)48(61)68)26-59-13-3-6-38(29-59)69-21-20-57-14-11-32(12-15-57)25-58-16-18-60(19-17-58)36-7-8-39-35(24-36)28-62(47(39)67)41-9-10-43(64)54-46(41)66/h2,4-8,22-24,27,30-32,41,44,65H,3,9-21,25-26,28-29H2,1H3,(H,54,64,66)/t41-,44+/m0/s1. The lowest BCUT2D eigenvalue weighted by Crippen LogP contribution is -2.52. The molecule has 0 saturated carbocycles. The lowest BCUT2D eigenvalue weighted by Gasteiger charge is -2.39. The maximum Gasteiger partial charge on any atom is 0.418 e. The highest BCUT2D eigenvalue weighted by Crippen LogP contribution is 2.35. The number of likely N-dealkylation sites (tertiary alicyclic amines) is 1. The van der Waals surface area contributed by atoms with Crippen LogP contribution in [0.4, 0.5) is 18.9 Å². The largest absolute Gasteiger partial charge is 0.496 e. The van der Waals surface area contributed by atoms with Crippen LogP contribution in [0.5, 0.6) is 0 Å². The summed E-state index contributed by atoms with van der Waals surface area (Å²) in [6.45, 7) is 9.67. The van der Waals surface area contributed by atoms with Crippen LogP contribution in [0.1, 0.15) is 76.6 Å². The summed E-state index contributed by atoms with van der Waals surface area (Å²) in [5.74, 6) is 0.829. The second kappa shape index (κ2) is 19.2. The van der Waals surface area contributed by atoms with Crippen LogP contribution in [0.2, 0.25) is 0 Å². The Balaban J connectivity index is 0.677. The molecule has 17 nitrogen and oxygen atoms in total. The van der Waals surface area contributed by atoms with Crippen molar-refractivity contribution in [3.05, 3.63) is 123 Å². The van der Waals surface area contributed by atoms with Gasteiger partial charge in [0.1, 0.15) is 30.8 Å². The minimum Gasteiger partial charge on any atom is -0.496 e. The Morgan fingerprint density at radius 1 is 0.884 bits per heavy atom. The number of aliphatic hydroxyl groups is 1. The number of amides is 3. The van der Waals surface area contributed by atoms with Crippen LogP contribution in [0, 0.1) is 5.92 Å². The lowest BCUT2D eigenvalue weighted by molar-refractivity contribution is -0.137. The zero-order valence-corrected chi connectivity index (χ0v) is 38.5. The summed E-state index contributed by atoms with van der Waals surface area (Å²) in [5.41, 5.74) is 1.85. The van der Waals surface area contributed by atoms with E-state index in [1.54, 1.807) is 40.8 Å². The Bertz CT molecular complexity index is 2840. The van der Waals surface area contributed by atoms with Crippen molar-refractivity contribution in [1.82, 2.24) is 48.6 Å². The lowest BCUT2D eigenvalue weighted by atomic mass is 9.96. The first-order chi connectivity index (χ1) is 33.2. The normalized spacial score (nSPS) is 20.7. The number of nitrogens with one attached hydrogen (secondary N) is 1. The number of anilines is 1. The first-order valence-electron chi connectivity index (χ1n) is 23.7. The van der Waals surface area contributed by atoms with Crippen molar-refractivity contribution in [3.63, 3.8) is 0 Å². The second-order valence-corrected chi connectivity index (χ2v) is 18.9. The number of ether oxygens (including phenoxy) is 1. The number of aliphatic hydroxyl groups excluding tert-OH is 1. The second-order valence-electron chi connectivity index (χ2n) is 18.9. The number of hydrogen-bond donors (Lipinski definition) is 2. The number of piperazine rings is 1. The number of benzene rings is 2. The number of rotatable bonds is 13. The molecule has 2 N–H and O–H groups in total. The monoisotopic (exact) mass is 951 g/mol. The van der Waals surface area contributed by atoms with E-state index >= 15 is 0 Å². The van der Waals surface area contributed by atoms with Gasteiger partial charge in [-0.2, -0.15) is 13.2 Å². The Hall–Kier alpha value is -6.35. The Morgan fingerprint density at radius 2 is 1.70 bits per heavy atom. The molecule has 5 aliphatic rings. The number of alkyl halides is 3. The number of fused-ring (bicyclic) bond motifs is 2. The van der Waals surface area contributed by atoms with Gasteiger partial charge >= 0.3 is 11.9 Å². The van der Waals surface area contributed by atoms with E-state index in [0.29, 0.717) is 67.4 Å². The van der Waals surface area contributed by atoms with Gasteiger partial charge in [-0.1, -0.05) is 12.1 Å². The molecule has 5 aliphatic heterocycles. The SMILES string of the molecule is Cn1cnnc1[C@H](O)c1cccc(-n2cc3c(C(F)(F)F)cc(CN4CCC=C(OCCN5CCC(CN6CCN(c7ccc8c(c7)CN([C@H]7CCC(=O)NC7=O)C8=O)CC6)CC5)C4)cn3c2=O)c1. The third-order valence-electron chi connectivity index (χ3n) is 14.4. The highest BCUT2D eigenvalue weighted by molar-refractivity contribution is 6.05. The number of aromatic nitrogens is 5. The average Bonchev–Trinajstić information content (AvgIpc) is 4.02. The smallest absolute Gasteiger partial charge is 0.418 e. The van der Waals surface area contributed by atoms with Crippen LogP contribution in [0.25, 0.3) is 11.2 Å². The van der Waals surface area contributed by atoms with Crippen molar-refractivity contribution in [3.8, 4) is 5.69 Å². The molecule has 10 rings (SSSR count). The first-order valence-corrected chi connectivity index (χ1v) is 23.7. The fourth-order valence-electron chi connectivity index (χ4n) is 10.6. The molecule has 3 aromatic heterocycles. The molecule has 5 aromatic rings. The number of hydrogen-bond acceptors (Lipinski definition) is 12. The molecule has 2 aromatic carbocycles. The van der Waals surface area contributed by atoms with Crippen LogP contribution in [-0.4, -0.2) is 144 Å². The number of imidazole rings is 1. The molecular formula is C49H56F3N11O6. The van der Waals surface area contributed by atoms with Crippen molar-refractivity contribution < 1.29 is 37.4 Å². The van der Waals surface area contributed by atoms with Crippen LogP contribution in [-0.2, 0) is 40.6 Å². The molecule has 0 radical (unpaired) electrons. The van der Waals surface area contributed by atoms with E-state index in [0.717, 1.165) is 97.2 Å². The molecular weight excluding hydrogens is 896 g/mol. The molecule has 0 aliphatic carbocycles. The summed E-state index contributed by atoms with van der Waals surface area (Å²) in [4.78, 5) is 62.0. The number of pyridine rings is 1. The number of piperidine rings is 2. The molecule has 8 heterocycles. The third-order valence-corrected chi connectivity index (χ3v) is 14.4. The molecule has 0 bridgehead atoms. The summed E-state index contributed by atoms with van der Waals surface area (Å²) >= 11 is 0. The van der Waals surface area contributed by atoms with Gasteiger partial charge in [0, 0.05) is 96.0 Å². The van der Waals surface area contributed by atoms with Gasteiger partial charge in [0.2, 0.25) is 11.8 Å². The molecule has 0 unspecified atom stereocenters. The average molecular weight is 952 g/mol. The highest BCUT2D eigenvalue weighted by atomic mass is 19.4. The number of halogens is 3. The van der Waals surface area contributed by atoms with E-state index in [1.807, 2.05) is 17.0 Å². The number of aryl methyl sites for hydroxylation is 1. The number of nitrogens with zero attached hydrogens (tertiary/aromatic N) is 10. The van der Waals surface area contributed by atoms with Crippen molar-refractivity contribution in [2.45, 2.75) is 63.5 Å². The van der Waals surface area contributed by atoms with Gasteiger partial charge < -0.3 is 24.2 Å². The van der Waals surface area contributed by atoms with Crippen LogP contribution < -0.4 is 15.9 Å². The van der Waals surface area contributed by atoms with E-state index in [-0.39, 0.29) is 36.1 Å². The summed E-state index contributed by atoms with van der Waals surface area (Å²) in [7, 11) is 1.68. The Labute approximate surface area is 396 Å². The molecule has 20 heteroatoms. The molecule has 0 spiro atoms. The number of imide groups is 1. The van der Waals surface area contributed by atoms with E-state index in [4.69, 9.17) is 4.74 Å². The molecule has 3 saturated heterocycles. The van der Waals surface area contributed by atoms with Crippen LogP contribution in [0.15, 0.2) is 83.9 Å². The summed E-state index contributed by atoms with van der Waals surface area (Å²) in [6, 6.07) is 12.9. The van der Waals surface area contributed by atoms with Crippen molar-refractivity contribution in [2.75, 3.05) is 77.0 Å². The van der Waals surface area contributed by atoms with E-state index in [9.17, 15) is 37.5 Å². The van der Waals surface area contributed by atoms with Gasteiger partial charge in [0.05, 0.1) is 23.3 Å². The fourth-order valence-corrected chi connectivity index (χ4v) is 10.6. The van der Waals surface area contributed by atoms with Gasteiger partial charge in [-0.15, -0.1) is 10.2 Å². The van der Waals surface area contributed by atoms with Gasteiger partial charge in [-0.05, 0) is 104 Å². The molecule has 364 valence electrons. The minimum absolute atomic E-state index is 0.158. The number of carbonyl (C=O) groups is 3. The first kappa shape index (κ1) is 46.4. The van der Waals surface area contributed by atoms with Crippen LogP contribution >= 0.6 is 0 Å². The Kier molecular flexibility index (Phi) is 12.9. The Morgan fingerprint density at radius 3 is 2.45 bits per heavy atom. The predicted octanol–water partition coefficient (Wildman–Crippen LogP) is 3.72. The molecule has 69 heavy (non-hydrogen) atoms. The fraction of sp³-hybridized carbons (Fsp3) is 0.469. The van der Waals surface area contributed by atoms with E-state index in [1.165, 1.54) is 18.7 Å². The third kappa shape index (κ3) is 9.79. The predicted molar refractivity (Wildman–Crippen MR) is 247 cm³/mol. The highest BCUT2D eigenvalue weighted by Gasteiger charge is 2.40. The van der Waals surface area contributed by atoms with Gasteiger partial charge in [0.15, 0.2) is 5.82 Å². The number of carbonyl (C=O) groups excluding carboxylic acids is 3. The minimum atomic E-state index is -4.72. The van der Waals surface area contributed by atoms with Crippen molar-refractivity contribution >= 4 is 28.9 Å². The molecule has 3 amide bonds.